The first-order valence-corrected chi connectivity index (χ1v) is 5.40. The van der Waals surface area contributed by atoms with Crippen LogP contribution >= 0.6 is 0 Å². The van der Waals surface area contributed by atoms with Crippen molar-refractivity contribution in [2.24, 2.45) is 0 Å². The van der Waals surface area contributed by atoms with Crippen molar-refractivity contribution >= 4 is 0 Å². The normalized spacial score (nSPS) is 11.3. The minimum absolute atomic E-state index is 0.520. The third-order valence-corrected chi connectivity index (χ3v) is 2.08. The number of rotatable bonds is 5. The molecule has 3 heteroatoms. The van der Waals surface area contributed by atoms with Crippen LogP contribution in [0.5, 0.6) is 0 Å². The van der Waals surface area contributed by atoms with Gasteiger partial charge in [0.25, 0.3) is 0 Å². The highest BCUT2D eigenvalue weighted by Crippen LogP contribution is 2.02. The van der Waals surface area contributed by atoms with Gasteiger partial charge in [0.15, 0.2) is 0 Å². The highest BCUT2D eigenvalue weighted by molar-refractivity contribution is 5.13. The lowest BCUT2D eigenvalue weighted by Gasteiger charge is -2.10. The molecule has 1 heterocycles. The standard InChI is InChI=1S/C12H21N3/c1-10(2)13-7-11-5-6-12(14-8-11)9-15(3)4/h5-6,8,10,13H,7,9H2,1-4H3. The number of aromatic nitrogens is 1. The van der Waals surface area contributed by atoms with Gasteiger partial charge in [0.05, 0.1) is 5.69 Å². The van der Waals surface area contributed by atoms with Crippen LogP contribution in [0.1, 0.15) is 25.1 Å². The second-order valence-corrected chi connectivity index (χ2v) is 4.43. The molecule has 0 aliphatic carbocycles. The molecule has 0 amide bonds. The van der Waals surface area contributed by atoms with Gasteiger partial charge in [0.1, 0.15) is 0 Å². The number of hydrogen-bond acceptors (Lipinski definition) is 3. The maximum atomic E-state index is 4.42. The van der Waals surface area contributed by atoms with Gasteiger partial charge >= 0.3 is 0 Å². The fourth-order valence-corrected chi connectivity index (χ4v) is 1.30. The van der Waals surface area contributed by atoms with Crippen LogP contribution in [0.2, 0.25) is 0 Å². The highest BCUT2D eigenvalue weighted by atomic mass is 15.1. The molecule has 0 atom stereocenters. The molecular formula is C12H21N3. The minimum atomic E-state index is 0.520. The van der Waals surface area contributed by atoms with E-state index < -0.39 is 0 Å². The summed E-state index contributed by atoms with van der Waals surface area (Å²) in [4.78, 5) is 6.53. The van der Waals surface area contributed by atoms with Crippen LogP contribution in [-0.4, -0.2) is 30.0 Å². The second kappa shape index (κ2) is 5.83. The summed E-state index contributed by atoms with van der Waals surface area (Å²) in [6.07, 6.45) is 1.95. The first-order chi connectivity index (χ1) is 7.08. The van der Waals surface area contributed by atoms with E-state index in [1.54, 1.807) is 0 Å². The first-order valence-electron chi connectivity index (χ1n) is 5.40. The van der Waals surface area contributed by atoms with Crippen LogP contribution < -0.4 is 5.32 Å². The molecule has 0 radical (unpaired) electrons. The van der Waals surface area contributed by atoms with Gasteiger partial charge in [-0.05, 0) is 25.7 Å². The molecule has 0 aliphatic heterocycles. The summed E-state index contributed by atoms with van der Waals surface area (Å²) in [5, 5.41) is 3.37. The minimum Gasteiger partial charge on any atom is -0.310 e. The summed E-state index contributed by atoms with van der Waals surface area (Å²) in [7, 11) is 4.10. The zero-order valence-corrected chi connectivity index (χ0v) is 10.1. The van der Waals surface area contributed by atoms with Gasteiger partial charge in [-0.3, -0.25) is 4.98 Å². The largest absolute Gasteiger partial charge is 0.310 e. The summed E-state index contributed by atoms with van der Waals surface area (Å²) in [5.74, 6) is 0. The average molecular weight is 207 g/mol. The van der Waals surface area contributed by atoms with Crippen molar-refractivity contribution in [3.63, 3.8) is 0 Å². The van der Waals surface area contributed by atoms with E-state index in [9.17, 15) is 0 Å². The lowest BCUT2D eigenvalue weighted by Crippen LogP contribution is -2.22. The Labute approximate surface area is 92.5 Å². The van der Waals surface area contributed by atoms with E-state index in [2.05, 4.69) is 55.3 Å². The monoisotopic (exact) mass is 207 g/mol. The zero-order valence-electron chi connectivity index (χ0n) is 10.1. The van der Waals surface area contributed by atoms with Crippen molar-refractivity contribution in [3.05, 3.63) is 29.6 Å². The smallest absolute Gasteiger partial charge is 0.0543 e. The Bertz CT molecular complexity index is 277. The van der Waals surface area contributed by atoms with E-state index in [4.69, 9.17) is 0 Å². The molecule has 1 aromatic heterocycles. The van der Waals surface area contributed by atoms with E-state index in [0.717, 1.165) is 18.8 Å². The molecule has 0 bridgehead atoms. The predicted molar refractivity (Wildman–Crippen MR) is 63.6 cm³/mol. The van der Waals surface area contributed by atoms with Crippen LogP contribution in [0.25, 0.3) is 0 Å². The molecule has 0 saturated heterocycles. The van der Waals surface area contributed by atoms with Crippen molar-refractivity contribution in [1.82, 2.24) is 15.2 Å². The van der Waals surface area contributed by atoms with E-state index in [1.165, 1.54) is 5.56 Å². The van der Waals surface area contributed by atoms with Crippen LogP contribution in [0.4, 0.5) is 0 Å². The molecule has 1 rings (SSSR count). The van der Waals surface area contributed by atoms with Gasteiger partial charge in [-0.15, -0.1) is 0 Å². The van der Waals surface area contributed by atoms with Crippen LogP contribution in [-0.2, 0) is 13.1 Å². The second-order valence-electron chi connectivity index (χ2n) is 4.43. The Hall–Kier alpha value is -0.930. The molecule has 15 heavy (non-hydrogen) atoms. The van der Waals surface area contributed by atoms with Crippen LogP contribution in [0.3, 0.4) is 0 Å². The van der Waals surface area contributed by atoms with Gasteiger partial charge in [-0.25, -0.2) is 0 Å². The first kappa shape index (κ1) is 12.1. The van der Waals surface area contributed by atoms with Gasteiger partial charge in [-0.2, -0.15) is 0 Å². The Morgan fingerprint density at radius 1 is 1.33 bits per heavy atom. The molecule has 1 N–H and O–H groups in total. The maximum Gasteiger partial charge on any atom is 0.0543 e. The molecule has 0 spiro atoms. The Balaban J connectivity index is 2.49. The van der Waals surface area contributed by atoms with Gasteiger partial charge in [-0.1, -0.05) is 19.9 Å². The summed E-state index contributed by atoms with van der Waals surface area (Å²) in [5.41, 5.74) is 2.36. The third-order valence-electron chi connectivity index (χ3n) is 2.08. The van der Waals surface area contributed by atoms with Crippen molar-refractivity contribution in [2.75, 3.05) is 14.1 Å². The summed E-state index contributed by atoms with van der Waals surface area (Å²) < 4.78 is 0. The Kier molecular flexibility index (Phi) is 4.72. The predicted octanol–water partition coefficient (Wildman–Crippen LogP) is 1.64. The molecule has 3 nitrogen and oxygen atoms in total. The quantitative estimate of drug-likeness (QED) is 0.795. The number of nitrogens with one attached hydrogen (secondary N) is 1. The fourth-order valence-electron chi connectivity index (χ4n) is 1.30. The highest BCUT2D eigenvalue weighted by Gasteiger charge is 1.98. The molecule has 0 saturated carbocycles. The van der Waals surface area contributed by atoms with Crippen LogP contribution in [0, 0.1) is 0 Å². The van der Waals surface area contributed by atoms with E-state index in [0.29, 0.717) is 6.04 Å². The summed E-state index contributed by atoms with van der Waals surface area (Å²) in [6.45, 7) is 6.09. The van der Waals surface area contributed by atoms with Crippen molar-refractivity contribution in [3.8, 4) is 0 Å². The van der Waals surface area contributed by atoms with Gasteiger partial charge in [0.2, 0.25) is 0 Å². The SMILES string of the molecule is CC(C)NCc1ccc(CN(C)C)nc1. The molecule has 0 fully saturated rings. The van der Waals surface area contributed by atoms with Crippen molar-refractivity contribution < 1.29 is 0 Å². The molecule has 0 unspecified atom stereocenters. The van der Waals surface area contributed by atoms with Gasteiger partial charge in [0, 0.05) is 25.3 Å². The Morgan fingerprint density at radius 3 is 2.53 bits per heavy atom. The van der Waals surface area contributed by atoms with Crippen LogP contribution in [0.15, 0.2) is 18.3 Å². The zero-order chi connectivity index (χ0) is 11.3. The number of nitrogens with zero attached hydrogens (tertiary/aromatic N) is 2. The average Bonchev–Trinajstić information content (AvgIpc) is 2.16. The molecule has 0 aromatic carbocycles. The lowest BCUT2D eigenvalue weighted by atomic mass is 10.2. The summed E-state index contributed by atoms with van der Waals surface area (Å²) in [6, 6.07) is 4.75. The summed E-state index contributed by atoms with van der Waals surface area (Å²) >= 11 is 0. The third kappa shape index (κ3) is 4.91. The number of pyridine rings is 1. The topological polar surface area (TPSA) is 28.2 Å². The number of hydrogen-bond donors (Lipinski definition) is 1. The molecule has 1 aromatic rings. The maximum absolute atomic E-state index is 4.42. The molecule has 0 aliphatic rings. The van der Waals surface area contributed by atoms with E-state index in [-0.39, 0.29) is 0 Å². The Morgan fingerprint density at radius 2 is 2.07 bits per heavy atom. The van der Waals surface area contributed by atoms with Gasteiger partial charge < -0.3 is 10.2 Å². The van der Waals surface area contributed by atoms with Crippen molar-refractivity contribution in [2.45, 2.75) is 33.0 Å². The van der Waals surface area contributed by atoms with E-state index >= 15 is 0 Å². The molecular weight excluding hydrogens is 186 g/mol. The van der Waals surface area contributed by atoms with Crippen molar-refractivity contribution in [1.29, 1.82) is 0 Å². The fraction of sp³-hybridized carbons (Fsp3) is 0.583. The lowest BCUT2D eigenvalue weighted by molar-refractivity contribution is 0.396. The van der Waals surface area contributed by atoms with E-state index in [1.807, 2.05) is 6.20 Å². The molecule has 84 valence electrons.